The van der Waals surface area contributed by atoms with Gasteiger partial charge < -0.3 is 19.7 Å². The van der Waals surface area contributed by atoms with Crippen molar-refractivity contribution in [2.45, 2.75) is 39.4 Å². The first-order valence-corrected chi connectivity index (χ1v) is 6.51. The minimum absolute atomic E-state index is 0.137. The molecule has 1 atom stereocenters. The molecule has 1 fully saturated rings. The van der Waals surface area contributed by atoms with Crippen molar-refractivity contribution in [1.82, 2.24) is 0 Å². The second-order valence-corrected chi connectivity index (χ2v) is 3.90. The number of aromatic carboxylic acids is 1. The molecule has 0 bridgehead atoms. The van der Waals surface area contributed by atoms with E-state index in [-0.39, 0.29) is 17.6 Å². The van der Waals surface area contributed by atoms with Crippen LogP contribution < -0.4 is 4.74 Å². The Hall–Kier alpha value is -1.75. The van der Waals surface area contributed by atoms with Crippen molar-refractivity contribution in [2.75, 3.05) is 6.61 Å². The highest BCUT2D eigenvalue weighted by Gasteiger charge is 2.16. The molecule has 1 aliphatic heterocycles. The summed E-state index contributed by atoms with van der Waals surface area (Å²) >= 11 is 0. The number of carbonyl (C=O) groups is 1. The van der Waals surface area contributed by atoms with Crippen LogP contribution in [0.25, 0.3) is 0 Å². The molecule has 0 radical (unpaired) electrons. The highest BCUT2D eigenvalue weighted by Crippen LogP contribution is 2.26. The van der Waals surface area contributed by atoms with Gasteiger partial charge in [-0.25, -0.2) is 4.79 Å². The van der Waals surface area contributed by atoms with Crippen molar-refractivity contribution in [2.24, 2.45) is 0 Å². The van der Waals surface area contributed by atoms with E-state index in [9.17, 15) is 9.90 Å². The maximum atomic E-state index is 10.7. The number of aromatic hydroxyl groups is 1. The van der Waals surface area contributed by atoms with Crippen LogP contribution in [0.5, 0.6) is 11.5 Å². The summed E-state index contributed by atoms with van der Waals surface area (Å²) in [7, 11) is 0. The molecule has 1 saturated heterocycles. The second kappa shape index (κ2) is 7.63. The summed E-state index contributed by atoms with van der Waals surface area (Å²) < 4.78 is 10.9. The Kier molecular flexibility index (Phi) is 6.15. The van der Waals surface area contributed by atoms with Gasteiger partial charge in [-0.05, 0) is 25.0 Å². The summed E-state index contributed by atoms with van der Waals surface area (Å²) in [5.74, 6) is -1.05. The first kappa shape index (κ1) is 15.3. The van der Waals surface area contributed by atoms with Crippen LogP contribution >= 0.6 is 0 Å². The van der Waals surface area contributed by atoms with Gasteiger partial charge in [0.05, 0.1) is 6.61 Å². The number of hydrogen-bond donors (Lipinski definition) is 2. The van der Waals surface area contributed by atoms with E-state index in [1.54, 1.807) is 0 Å². The molecule has 0 amide bonds. The molecule has 0 aromatic heterocycles. The largest absolute Gasteiger partial charge is 0.507 e. The van der Waals surface area contributed by atoms with Gasteiger partial charge in [0.15, 0.2) is 6.29 Å². The molecular formula is C14H20O5. The molecule has 1 aliphatic rings. The van der Waals surface area contributed by atoms with Crippen LogP contribution in [-0.2, 0) is 4.74 Å². The molecule has 2 rings (SSSR count). The molecule has 5 nitrogen and oxygen atoms in total. The summed E-state index contributed by atoms with van der Waals surface area (Å²) in [5.41, 5.74) is -0.137. The molecule has 1 aromatic rings. The Morgan fingerprint density at radius 1 is 1.37 bits per heavy atom. The Morgan fingerprint density at radius 3 is 2.63 bits per heavy atom. The minimum atomic E-state index is -1.16. The molecule has 106 valence electrons. The monoisotopic (exact) mass is 268 g/mol. The molecule has 0 aliphatic carbocycles. The maximum Gasteiger partial charge on any atom is 0.339 e. The van der Waals surface area contributed by atoms with Gasteiger partial charge in [0.1, 0.15) is 17.1 Å². The van der Waals surface area contributed by atoms with Crippen molar-refractivity contribution < 1.29 is 24.5 Å². The molecular weight excluding hydrogens is 248 g/mol. The van der Waals surface area contributed by atoms with E-state index in [1.165, 1.54) is 18.2 Å². The van der Waals surface area contributed by atoms with E-state index < -0.39 is 5.97 Å². The summed E-state index contributed by atoms with van der Waals surface area (Å²) in [4.78, 5) is 10.7. The predicted molar refractivity (Wildman–Crippen MR) is 70.6 cm³/mol. The van der Waals surface area contributed by atoms with Crippen molar-refractivity contribution in [3.05, 3.63) is 23.8 Å². The molecule has 19 heavy (non-hydrogen) atoms. The van der Waals surface area contributed by atoms with Crippen molar-refractivity contribution in [3.63, 3.8) is 0 Å². The molecule has 0 spiro atoms. The van der Waals surface area contributed by atoms with Crippen LogP contribution in [0.3, 0.4) is 0 Å². The van der Waals surface area contributed by atoms with Gasteiger partial charge in [-0.1, -0.05) is 13.8 Å². The fourth-order valence-electron chi connectivity index (χ4n) is 1.72. The summed E-state index contributed by atoms with van der Waals surface area (Å²) in [5, 5.41) is 18.2. The van der Waals surface area contributed by atoms with Gasteiger partial charge in [-0.3, -0.25) is 0 Å². The van der Waals surface area contributed by atoms with Crippen LogP contribution in [0.1, 0.15) is 43.5 Å². The van der Waals surface area contributed by atoms with Crippen LogP contribution in [0, 0.1) is 0 Å². The quantitative estimate of drug-likeness (QED) is 0.881. The van der Waals surface area contributed by atoms with Gasteiger partial charge in [-0.2, -0.15) is 0 Å². The third-order valence-electron chi connectivity index (χ3n) is 2.61. The number of benzene rings is 1. The smallest absolute Gasteiger partial charge is 0.339 e. The number of phenols is 1. The lowest BCUT2D eigenvalue weighted by Gasteiger charge is -2.23. The van der Waals surface area contributed by atoms with Gasteiger partial charge in [0, 0.05) is 12.5 Å². The maximum absolute atomic E-state index is 10.7. The first-order valence-electron chi connectivity index (χ1n) is 6.51. The molecule has 0 saturated carbocycles. The van der Waals surface area contributed by atoms with Gasteiger partial charge >= 0.3 is 5.97 Å². The average molecular weight is 268 g/mol. The van der Waals surface area contributed by atoms with Crippen LogP contribution in [0.15, 0.2) is 18.2 Å². The topological polar surface area (TPSA) is 76.0 Å². The van der Waals surface area contributed by atoms with Crippen molar-refractivity contribution in [3.8, 4) is 11.5 Å². The summed E-state index contributed by atoms with van der Waals surface area (Å²) in [6.45, 7) is 4.67. The van der Waals surface area contributed by atoms with Crippen LogP contribution in [0.2, 0.25) is 0 Å². The zero-order chi connectivity index (χ0) is 14.3. The number of carboxylic acids is 1. The van der Waals surface area contributed by atoms with Crippen molar-refractivity contribution >= 4 is 5.97 Å². The zero-order valence-electron chi connectivity index (χ0n) is 11.3. The Balaban J connectivity index is 0.000000861. The Bertz CT molecular complexity index is 410. The number of ether oxygens (including phenoxy) is 2. The minimum Gasteiger partial charge on any atom is -0.507 e. The van der Waals surface area contributed by atoms with E-state index in [0.717, 1.165) is 19.3 Å². The Labute approximate surface area is 112 Å². The fraction of sp³-hybridized carbons (Fsp3) is 0.500. The van der Waals surface area contributed by atoms with Gasteiger partial charge in [0.2, 0.25) is 0 Å². The number of rotatable bonds is 3. The lowest BCUT2D eigenvalue weighted by atomic mass is 10.2. The molecule has 1 heterocycles. The standard InChI is InChI=1S/C12H14O5.C2H6/c13-10-7-8(4-5-9(10)12(14)15)17-11-3-1-2-6-16-11;1-2/h4-5,7,11,13H,1-3,6H2,(H,14,15);1-2H3. The van der Waals surface area contributed by atoms with E-state index in [0.29, 0.717) is 12.4 Å². The van der Waals surface area contributed by atoms with E-state index >= 15 is 0 Å². The summed E-state index contributed by atoms with van der Waals surface area (Å²) in [6.07, 6.45) is 2.58. The van der Waals surface area contributed by atoms with Crippen molar-refractivity contribution in [1.29, 1.82) is 0 Å². The SMILES string of the molecule is CC.O=C(O)c1ccc(OC2CCCCO2)cc1O. The first-order chi connectivity index (χ1) is 9.16. The third-order valence-corrected chi connectivity index (χ3v) is 2.61. The molecule has 1 aromatic carbocycles. The van der Waals surface area contributed by atoms with E-state index in [4.69, 9.17) is 14.6 Å². The highest BCUT2D eigenvalue weighted by atomic mass is 16.7. The lowest BCUT2D eigenvalue weighted by Crippen LogP contribution is -2.24. The third kappa shape index (κ3) is 4.44. The molecule has 2 N–H and O–H groups in total. The lowest BCUT2D eigenvalue weighted by molar-refractivity contribution is -0.105. The molecule has 1 unspecified atom stereocenters. The van der Waals surface area contributed by atoms with Gasteiger partial charge in [-0.15, -0.1) is 0 Å². The highest BCUT2D eigenvalue weighted by molar-refractivity contribution is 5.90. The molecule has 5 heteroatoms. The summed E-state index contributed by atoms with van der Waals surface area (Å²) in [6, 6.07) is 4.12. The number of hydrogen-bond acceptors (Lipinski definition) is 4. The van der Waals surface area contributed by atoms with Gasteiger partial charge in [0.25, 0.3) is 0 Å². The average Bonchev–Trinajstić information content (AvgIpc) is 2.42. The predicted octanol–water partition coefficient (Wildman–Crippen LogP) is 3.02. The van der Waals surface area contributed by atoms with E-state index in [2.05, 4.69) is 0 Å². The normalized spacial score (nSPS) is 18.1. The van der Waals surface area contributed by atoms with Crippen LogP contribution in [0.4, 0.5) is 0 Å². The van der Waals surface area contributed by atoms with Crippen LogP contribution in [-0.4, -0.2) is 29.1 Å². The second-order valence-electron chi connectivity index (χ2n) is 3.90. The van der Waals surface area contributed by atoms with E-state index in [1.807, 2.05) is 13.8 Å². The number of carboxylic acid groups (broad SMARTS) is 1. The Morgan fingerprint density at radius 2 is 2.11 bits per heavy atom. The zero-order valence-corrected chi connectivity index (χ0v) is 11.3. The fourth-order valence-corrected chi connectivity index (χ4v) is 1.72.